The molecule has 0 saturated carbocycles. The molecule has 2 aromatic heterocycles. The lowest BCUT2D eigenvalue weighted by Crippen LogP contribution is -2.11. The van der Waals surface area contributed by atoms with E-state index in [4.69, 9.17) is 0 Å². The SMILES string of the molecule is CN(C)c1ncnc2c1cnn2-c1ccc(F)cc1. The van der Waals surface area contributed by atoms with Crippen LogP contribution >= 0.6 is 0 Å². The molecule has 96 valence electrons. The molecule has 0 bridgehead atoms. The molecule has 5 nitrogen and oxygen atoms in total. The van der Waals surface area contributed by atoms with E-state index in [1.807, 2.05) is 19.0 Å². The van der Waals surface area contributed by atoms with Crippen LogP contribution in [-0.4, -0.2) is 33.8 Å². The maximum absolute atomic E-state index is 13.0. The molecule has 0 amide bonds. The van der Waals surface area contributed by atoms with Crippen LogP contribution < -0.4 is 4.90 Å². The van der Waals surface area contributed by atoms with Crippen LogP contribution in [0.2, 0.25) is 0 Å². The normalized spacial score (nSPS) is 10.9. The average molecular weight is 257 g/mol. The summed E-state index contributed by atoms with van der Waals surface area (Å²) >= 11 is 0. The number of anilines is 1. The van der Waals surface area contributed by atoms with Gasteiger partial charge in [0.15, 0.2) is 5.65 Å². The molecule has 0 N–H and O–H groups in total. The molecule has 0 saturated heterocycles. The van der Waals surface area contributed by atoms with Gasteiger partial charge in [-0.3, -0.25) is 0 Å². The number of hydrogen-bond donors (Lipinski definition) is 0. The van der Waals surface area contributed by atoms with E-state index in [9.17, 15) is 4.39 Å². The van der Waals surface area contributed by atoms with E-state index in [0.29, 0.717) is 5.65 Å². The Balaban J connectivity index is 2.21. The lowest BCUT2D eigenvalue weighted by atomic mass is 10.3. The Morgan fingerprint density at radius 2 is 1.84 bits per heavy atom. The summed E-state index contributed by atoms with van der Waals surface area (Å²) in [7, 11) is 3.83. The van der Waals surface area contributed by atoms with Crippen molar-refractivity contribution in [2.45, 2.75) is 0 Å². The fourth-order valence-electron chi connectivity index (χ4n) is 1.96. The second-order valence-electron chi connectivity index (χ2n) is 4.36. The van der Waals surface area contributed by atoms with Gasteiger partial charge >= 0.3 is 0 Å². The standard InChI is InChI=1S/C13H12FN5/c1-18(2)12-11-7-17-19(13(11)16-8-15-12)10-5-3-9(14)4-6-10/h3-8H,1-2H3. The third-order valence-electron chi connectivity index (χ3n) is 2.84. The van der Waals surface area contributed by atoms with Gasteiger partial charge in [-0.1, -0.05) is 0 Å². The molecule has 6 heteroatoms. The minimum atomic E-state index is -0.274. The highest BCUT2D eigenvalue weighted by molar-refractivity contribution is 5.87. The van der Waals surface area contributed by atoms with E-state index >= 15 is 0 Å². The van der Waals surface area contributed by atoms with E-state index in [-0.39, 0.29) is 5.82 Å². The van der Waals surface area contributed by atoms with Crippen LogP contribution in [0.3, 0.4) is 0 Å². The molecule has 0 unspecified atom stereocenters. The molecule has 3 rings (SSSR count). The highest BCUT2D eigenvalue weighted by Crippen LogP contribution is 2.22. The number of benzene rings is 1. The molecule has 0 spiro atoms. The van der Waals surface area contributed by atoms with E-state index < -0.39 is 0 Å². The summed E-state index contributed by atoms with van der Waals surface area (Å²) in [6.07, 6.45) is 3.22. The van der Waals surface area contributed by atoms with Crippen molar-refractivity contribution >= 4 is 16.9 Å². The molecule has 19 heavy (non-hydrogen) atoms. The highest BCUT2D eigenvalue weighted by atomic mass is 19.1. The number of rotatable bonds is 2. The third-order valence-corrected chi connectivity index (χ3v) is 2.84. The molecular weight excluding hydrogens is 245 g/mol. The highest BCUT2D eigenvalue weighted by Gasteiger charge is 2.11. The summed E-state index contributed by atoms with van der Waals surface area (Å²) in [5, 5.41) is 5.16. The van der Waals surface area contributed by atoms with Crippen LogP contribution in [0.25, 0.3) is 16.7 Å². The van der Waals surface area contributed by atoms with E-state index in [2.05, 4.69) is 15.1 Å². The summed E-state index contributed by atoms with van der Waals surface area (Å²) in [5.41, 5.74) is 1.46. The number of hydrogen-bond acceptors (Lipinski definition) is 4. The predicted molar refractivity (Wildman–Crippen MR) is 70.9 cm³/mol. The Bertz CT molecular complexity index is 717. The van der Waals surface area contributed by atoms with Crippen molar-refractivity contribution in [1.82, 2.24) is 19.7 Å². The fraction of sp³-hybridized carbons (Fsp3) is 0.154. The lowest BCUT2D eigenvalue weighted by Gasteiger charge is -2.11. The van der Waals surface area contributed by atoms with Crippen molar-refractivity contribution in [2.24, 2.45) is 0 Å². The van der Waals surface area contributed by atoms with Crippen LogP contribution in [0.4, 0.5) is 10.2 Å². The summed E-state index contributed by atoms with van der Waals surface area (Å²) in [5.74, 6) is 0.530. The van der Waals surface area contributed by atoms with Gasteiger partial charge in [0.1, 0.15) is 18.0 Å². The molecule has 0 fully saturated rings. The number of nitrogens with zero attached hydrogens (tertiary/aromatic N) is 5. The molecule has 0 atom stereocenters. The summed E-state index contributed by atoms with van der Waals surface area (Å²) in [6, 6.07) is 6.13. The molecule has 3 aromatic rings. The molecule has 0 aliphatic heterocycles. The Labute approximate surface area is 109 Å². The second kappa shape index (κ2) is 4.31. The van der Waals surface area contributed by atoms with Crippen LogP contribution in [0, 0.1) is 5.82 Å². The van der Waals surface area contributed by atoms with Crippen LogP contribution in [0.1, 0.15) is 0 Å². The fourth-order valence-corrected chi connectivity index (χ4v) is 1.96. The zero-order valence-electron chi connectivity index (χ0n) is 10.6. The topological polar surface area (TPSA) is 46.8 Å². The smallest absolute Gasteiger partial charge is 0.168 e. The Hall–Kier alpha value is -2.50. The van der Waals surface area contributed by atoms with Crippen molar-refractivity contribution < 1.29 is 4.39 Å². The van der Waals surface area contributed by atoms with Gasteiger partial charge in [-0.05, 0) is 24.3 Å². The van der Waals surface area contributed by atoms with Crippen LogP contribution in [0.5, 0.6) is 0 Å². The zero-order valence-corrected chi connectivity index (χ0v) is 10.6. The second-order valence-corrected chi connectivity index (χ2v) is 4.36. The first-order chi connectivity index (χ1) is 9.16. The van der Waals surface area contributed by atoms with Crippen molar-refractivity contribution in [3.63, 3.8) is 0 Å². The molecule has 1 aromatic carbocycles. The monoisotopic (exact) mass is 257 g/mol. The molecular formula is C13H12FN5. The number of halogens is 1. The first-order valence-corrected chi connectivity index (χ1v) is 5.79. The van der Waals surface area contributed by atoms with Gasteiger partial charge in [-0.15, -0.1) is 0 Å². The van der Waals surface area contributed by atoms with Crippen molar-refractivity contribution in [2.75, 3.05) is 19.0 Å². The van der Waals surface area contributed by atoms with E-state index in [1.54, 1.807) is 23.0 Å². The van der Waals surface area contributed by atoms with Gasteiger partial charge < -0.3 is 4.90 Å². The predicted octanol–water partition coefficient (Wildman–Crippen LogP) is 2.02. The summed E-state index contributed by atoms with van der Waals surface area (Å²) in [6.45, 7) is 0. The third kappa shape index (κ3) is 1.91. The van der Waals surface area contributed by atoms with Gasteiger partial charge in [-0.25, -0.2) is 19.0 Å². The largest absolute Gasteiger partial charge is 0.362 e. The van der Waals surface area contributed by atoms with Gasteiger partial charge in [0.25, 0.3) is 0 Å². The minimum Gasteiger partial charge on any atom is -0.362 e. The van der Waals surface area contributed by atoms with E-state index in [0.717, 1.165) is 16.9 Å². The molecule has 2 heterocycles. The Morgan fingerprint density at radius 3 is 2.53 bits per heavy atom. The van der Waals surface area contributed by atoms with Crippen LogP contribution in [-0.2, 0) is 0 Å². The Kier molecular flexibility index (Phi) is 2.63. The quantitative estimate of drug-likeness (QED) is 0.704. The maximum Gasteiger partial charge on any atom is 0.168 e. The maximum atomic E-state index is 13.0. The van der Waals surface area contributed by atoms with Crippen molar-refractivity contribution in [3.05, 3.63) is 42.6 Å². The van der Waals surface area contributed by atoms with Gasteiger partial charge in [0, 0.05) is 14.1 Å². The number of fused-ring (bicyclic) bond motifs is 1. The molecule has 0 radical (unpaired) electrons. The van der Waals surface area contributed by atoms with Gasteiger partial charge in [-0.2, -0.15) is 5.10 Å². The summed E-state index contributed by atoms with van der Waals surface area (Å²) < 4.78 is 14.6. The number of aromatic nitrogens is 4. The van der Waals surface area contributed by atoms with Gasteiger partial charge in [0.2, 0.25) is 0 Å². The molecule has 0 aliphatic carbocycles. The lowest BCUT2D eigenvalue weighted by molar-refractivity contribution is 0.627. The Morgan fingerprint density at radius 1 is 1.11 bits per heavy atom. The minimum absolute atomic E-state index is 0.274. The molecule has 0 aliphatic rings. The zero-order chi connectivity index (χ0) is 13.4. The van der Waals surface area contributed by atoms with Gasteiger partial charge in [0.05, 0.1) is 17.3 Å². The van der Waals surface area contributed by atoms with Crippen molar-refractivity contribution in [3.8, 4) is 5.69 Å². The first-order valence-electron chi connectivity index (χ1n) is 5.79. The van der Waals surface area contributed by atoms with Crippen molar-refractivity contribution in [1.29, 1.82) is 0 Å². The summed E-state index contributed by atoms with van der Waals surface area (Å²) in [4.78, 5) is 10.4. The van der Waals surface area contributed by atoms with Crippen LogP contribution in [0.15, 0.2) is 36.8 Å². The first kappa shape index (κ1) is 11.6. The van der Waals surface area contributed by atoms with E-state index in [1.165, 1.54) is 18.5 Å². The average Bonchev–Trinajstić information content (AvgIpc) is 2.83.